The second-order valence-corrected chi connectivity index (χ2v) is 2.04. The molecule has 0 saturated heterocycles. The van der Waals surface area contributed by atoms with Gasteiger partial charge in [-0.05, 0) is 19.1 Å². The number of aromatic nitrogens is 1. The monoisotopic (exact) mass is 136 g/mol. The van der Waals surface area contributed by atoms with E-state index in [0.717, 1.165) is 5.69 Å². The van der Waals surface area contributed by atoms with E-state index in [1.807, 2.05) is 6.07 Å². The van der Waals surface area contributed by atoms with Crippen LogP contribution in [0.3, 0.4) is 0 Å². The summed E-state index contributed by atoms with van der Waals surface area (Å²) in [5.41, 5.74) is 0.720. The Morgan fingerprint density at radius 1 is 1.60 bits per heavy atom. The van der Waals surface area contributed by atoms with Crippen molar-refractivity contribution in [2.75, 3.05) is 0 Å². The molecule has 0 bridgehead atoms. The first kappa shape index (κ1) is 6.86. The third-order valence-corrected chi connectivity index (χ3v) is 1.27. The fourth-order valence-corrected chi connectivity index (χ4v) is 0.677. The predicted octanol–water partition coefficient (Wildman–Crippen LogP) is 1.91. The number of rotatable bonds is 2. The van der Waals surface area contributed by atoms with Crippen molar-refractivity contribution in [1.82, 2.24) is 4.98 Å². The highest BCUT2D eigenvalue weighted by molar-refractivity contribution is 5.07. The molecule has 0 saturated carbocycles. The molecule has 1 aromatic rings. The van der Waals surface area contributed by atoms with Gasteiger partial charge in [0.25, 0.3) is 0 Å². The zero-order valence-corrected chi connectivity index (χ0v) is 5.69. The van der Waals surface area contributed by atoms with Gasteiger partial charge in [0.2, 0.25) is 0 Å². The Kier molecular flexibility index (Phi) is 2.10. The minimum Gasteiger partial charge on any atom is -0.259 e. The van der Waals surface area contributed by atoms with Gasteiger partial charge in [-0.25, -0.2) is 0 Å². The van der Waals surface area contributed by atoms with Crippen LogP contribution in [0.1, 0.15) is 18.7 Å². The lowest BCUT2D eigenvalue weighted by atomic mass is 10.2. The van der Waals surface area contributed by atoms with Gasteiger partial charge in [0, 0.05) is 6.20 Å². The topological polar surface area (TPSA) is 42.3 Å². The summed E-state index contributed by atoms with van der Waals surface area (Å²) in [7, 11) is 0. The van der Waals surface area contributed by atoms with Crippen LogP contribution >= 0.6 is 0 Å². The molecule has 0 aromatic carbocycles. The van der Waals surface area contributed by atoms with Gasteiger partial charge < -0.3 is 0 Å². The third-order valence-electron chi connectivity index (χ3n) is 1.27. The van der Waals surface area contributed by atoms with Crippen LogP contribution in [-0.2, 0) is 0 Å². The van der Waals surface area contributed by atoms with Gasteiger partial charge in [0.1, 0.15) is 6.04 Å². The molecular formula is C7H8N2O. The molecule has 0 amide bonds. The second-order valence-electron chi connectivity index (χ2n) is 2.04. The summed E-state index contributed by atoms with van der Waals surface area (Å²) in [6, 6.07) is 5.10. The Balaban J connectivity index is 2.84. The molecule has 10 heavy (non-hydrogen) atoms. The van der Waals surface area contributed by atoms with Crippen LogP contribution in [0, 0.1) is 4.91 Å². The highest BCUT2D eigenvalue weighted by Gasteiger charge is 2.02. The lowest BCUT2D eigenvalue weighted by Gasteiger charge is -1.98. The highest BCUT2D eigenvalue weighted by atomic mass is 16.3. The summed E-state index contributed by atoms with van der Waals surface area (Å²) >= 11 is 0. The Labute approximate surface area is 59.1 Å². The summed E-state index contributed by atoms with van der Waals surface area (Å²) < 4.78 is 0. The van der Waals surface area contributed by atoms with E-state index in [-0.39, 0.29) is 6.04 Å². The van der Waals surface area contributed by atoms with Crippen LogP contribution in [0.4, 0.5) is 0 Å². The molecule has 0 N–H and O–H groups in total. The molecule has 3 nitrogen and oxygen atoms in total. The van der Waals surface area contributed by atoms with Crippen molar-refractivity contribution in [1.29, 1.82) is 0 Å². The Morgan fingerprint density at radius 2 is 2.40 bits per heavy atom. The first-order chi connectivity index (χ1) is 4.84. The Hall–Kier alpha value is -1.25. The van der Waals surface area contributed by atoms with E-state index in [0.29, 0.717) is 0 Å². The first-order valence-corrected chi connectivity index (χ1v) is 3.08. The average Bonchev–Trinajstić information content (AvgIpc) is 2.05. The molecule has 3 heteroatoms. The van der Waals surface area contributed by atoms with E-state index >= 15 is 0 Å². The van der Waals surface area contributed by atoms with E-state index < -0.39 is 0 Å². The van der Waals surface area contributed by atoms with Crippen molar-refractivity contribution >= 4 is 0 Å². The van der Waals surface area contributed by atoms with Crippen LogP contribution in [0.2, 0.25) is 0 Å². The van der Waals surface area contributed by atoms with Crippen LogP contribution in [-0.4, -0.2) is 4.98 Å². The molecule has 1 rings (SSSR count). The van der Waals surface area contributed by atoms with Gasteiger partial charge in [-0.1, -0.05) is 11.2 Å². The Bertz CT molecular complexity index is 210. The van der Waals surface area contributed by atoms with Gasteiger partial charge in [0.05, 0.1) is 5.69 Å². The first-order valence-electron chi connectivity index (χ1n) is 3.08. The molecule has 1 unspecified atom stereocenters. The summed E-state index contributed by atoms with van der Waals surface area (Å²) in [6.45, 7) is 1.72. The van der Waals surface area contributed by atoms with E-state index in [1.165, 1.54) is 0 Å². The predicted molar refractivity (Wildman–Crippen MR) is 38.4 cm³/mol. The minimum absolute atomic E-state index is 0.332. The number of pyridine rings is 1. The lowest BCUT2D eigenvalue weighted by molar-refractivity contribution is 0.776. The molecule has 0 radical (unpaired) electrons. The van der Waals surface area contributed by atoms with Gasteiger partial charge in [0.15, 0.2) is 0 Å². The van der Waals surface area contributed by atoms with Crippen LogP contribution in [0.25, 0.3) is 0 Å². The fraction of sp³-hybridized carbons (Fsp3) is 0.286. The molecule has 1 heterocycles. The largest absolute Gasteiger partial charge is 0.259 e. The maximum absolute atomic E-state index is 10.0. The van der Waals surface area contributed by atoms with Gasteiger partial charge in [-0.15, -0.1) is 0 Å². The molecule has 0 aliphatic heterocycles. The SMILES string of the molecule is CC(N=O)c1ccccn1. The zero-order valence-electron chi connectivity index (χ0n) is 5.69. The van der Waals surface area contributed by atoms with Gasteiger partial charge >= 0.3 is 0 Å². The van der Waals surface area contributed by atoms with E-state index in [1.54, 1.807) is 25.3 Å². The second kappa shape index (κ2) is 3.06. The molecule has 0 fully saturated rings. The van der Waals surface area contributed by atoms with E-state index in [9.17, 15) is 4.91 Å². The van der Waals surface area contributed by atoms with Crippen molar-refractivity contribution in [3.05, 3.63) is 35.0 Å². The highest BCUT2D eigenvalue weighted by Crippen LogP contribution is 2.11. The van der Waals surface area contributed by atoms with Crippen LogP contribution < -0.4 is 0 Å². The quantitative estimate of drug-likeness (QED) is 0.583. The zero-order chi connectivity index (χ0) is 7.40. The molecule has 0 spiro atoms. The van der Waals surface area contributed by atoms with E-state index in [2.05, 4.69) is 10.2 Å². The smallest absolute Gasteiger partial charge is 0.131 e. The fourth-order valence-electron chi connectivity index (χ4n) is 0.677. The van der Waals surface area contributed by atoms with Crippen molar-refractivity contribution < 1.29 is 0 Å². The van der Waals surface area contributed by atoms with Crippen molar-refractivity contribution in [2.24, 2.45) is 5.18 Å². The maximum atomic E-state index is 10.0. The standard InChI is InChI=1S/C7H8N2O/c1-6(9-10)7-4-2-3-5-8-7/h2-6H,1H3. The third kappa shape index (κ3) is 1.37. The molecule has 0 aliphatic carbocycles. The summed E-state index contributed by atoms with van der Waals surface area (Å²) in [6.07, 6.45) is 1.65. The molecule has 0 aliphatic rings. The molecule has 1 atom stereocenters. The molecular weight excluding hydrogens is 128 g/mol. The maximum Gasteiger partial charge on any atom is 0.131 e. The van der Waals surface area contributed by atoms with Crippen molar-refractivity contribution in [3.63, 3.8) is 0 Å². The normalized spacial score (nSPS) is 12.5. The number of nitrogens with zero attached hydrogens (tertiary/aromatic N) is 2. The van der Waals surface area contributed by atoms with Crippen LogP contribution in [0.5, 0.6) is 0 Å². The van der Waals surface area contributed by atoms with Crippen molar-refractivity contribution in [3.8, 4) is 0 Å². The lowest BCUT2D eigenvalue weighted by Crippen LogP contribution is -1.90. The Morgan fingerprint density at radius 3 is 2.90 bits per heavy atom. The molecule has 52 valence electrons. The van der Waals surface area contributed by atoms with Gasteiger partial charge in [-0.2, -0.15) is 4.91 Å². The summed E-state index contributed by atoms with van der Waals surface area (Å²) in [5, 5.41) is 2.85. The molecule has 1 aromatic heterocycles. The van der Waals surface area contributed by atoms with E-state index in [4.69, 9.17) is 0 Å². The number of nitroso groups, excluding NO2 is 1. The van der Waals surface area contributed by atoms with Gasteiger partial charge in [-0.3, -0.25) is 4.98 Å². The minimum atomic E-state index is -0.332. The average molecular weight is 136 g/mol. The van der Waals surface area contributed by atoms with Crippen molar-refractivity contribution in [2.45, 2.75) is 13.0 Å². The summed E-state index contributed by atoms with van der Waals surface area (Å²) in [4.78, 5) is 14.0. The number of hydrogen-bond donors (Lipinski definition) is 0. The number of hydrogen-bond acceptors (Lipinski definition) is 3. The van der Waals surface area contributed by atoms with Crippen LogP contribution in [0.15, 0.2) is 29.6 Å². The summed E-state index contributed by atoms with van der Waals surface area (Å²) in [5.74, 6) is 0.